The minimum Gasteiger partial charge on any atom is -0.378 e. The Bertz CT molecular complexity index is 424. The van der Waals surface area contributed by atoms with Crippen LogP contribution in [0, 0.1) is 0 Å². The Morgan fingerprint density at radius 1 is 1.50 bits per heavy atom. The summed E-state index contributed by atoms with van der Waals surface area (Å²) in [7, 11) is 0. The number of ether oxygens (including phenoxy) is 1. The minimum absolute atomic E-state index is 0.119. The van der Waals surface area contributed by atoms with Crippen LogP contribution < -0.4 is 10.6 Å². The molecule has 1 aliphatic heterocycles. The summed E-state index contributed by atoms with van der Waals surface area (Å²) in [6, 6.07) is 0.478. The van der Waals surface area contributed by atoms with Crippen LogP contribution in [0.5, 0.6) is 0 Å². The van der Waals surface area contributed by atoms with Crippen LogP contribution >= 0.6 is 0 Å². The van der Waals surface area contributed by atoms with E-state index in [0.29, 0.717) is 25.0 Å². The van der Waals surface area contributed by atoms with Gasteiger partial charge in [-0.15, -0.1) is 0 Å². The normalized spacial score (nSPS) is 23.9. The topological polar surface area (TPSA) is 89.3 Å². The van der Waals surface area contributed by atoms with Crippen molar-refractivity contribution in [3.05, 3.63) is 11.7 Å². The second-order valence-corrected chi connectivity index (χ2v) is 4.69. The quantitative estimate of drug-likeness (QED) is 0.750. The van der Waals surface area contributed by atoms with Crippen LogP contribution in [0.1, 0.15) is 29.4 Å². The first-order chi connectivity index (χ1) is 8.81. The van der Waals surface area contributed by atoms with E-state index in [1.54, 1.807) is 0 Å². The van der Waals surface area contributed by atoms with E-state index < -0.39 is 0 Å². The van der Waals surface area contributed by atoms with Gasteiger partial charge in [0.2, 0.25) is 5.89 Å². The summed E-state index contributed by atoms with van der Waals surface area (Å²) in [5.41, 5.74) is 0. The van der Waals surface area contributed by atoms with Gasteiger partial charge < -0.3 is 19.9 Å². The van der Waals surface area contributed by atoms with Crippen LogP contribution in [0.15, 0.2) is 4.52 Å². The number of carbonyl (C=O) groups is 1. The molecule has 2 aliphatic rings. The van der Waals surface area contributed by atoms with Gasteiger partial charge in [-0.1, -0.05) is 5.16 Å². The lowest BCUT2D eigenvalue weighted by atomic mass is 10.2. The first-order valence-corrected chi connectivity index (χ1v) is 6.26. The molecule has 0 bridgehead atoms. The van der Waals surface area contributed by atoms with E-state index in [2.05, 4.69) is 20.8 Å². The summed E-state index contributed by atoms with van der Waals surface area (Å²) in [6.45, 7) is 2.19. The summed E-state index contributed by atoms with van der Waals surface area (Å²) in [5, 5.41) is 9.81. The van der Waals surface area contributed by atoms with Crippen molar-refractivity contribution in [2.75, 3.05) is 19.8 Å². The summed E-state index contributed by atoms with van der Waals surface area (Å²) < 4.78 is 10.4. The van der Waals surface area contributed by atoms with Crippen LogP contribution in [0.25, 0.3) is 0 Å². The van der Waals surface area contributed by atoms with Gasteiger partial charge in [0, 0.05) is 25.0 Å². The highest BCUT2D eigenvalue weighted by atomic mass is 16.5. The zero-order valence-corrected chi connectivity index (χ0v) is 10.0. The number of morpholine rings is 1. The molecule has 1 atom stereocenters. The first-order valence-electron chi connectivity index (χ1n) is 6.26. The van der Waals surface area contributed by atoms with Gasteiger partial charge in [-0.05, 0) is 12.8 Å². The van der Waals surface area contributed by atoms with Gasteiger partial charge in [-0.2, -0.15) is 4.98 Å². The Kier molecular flexibility index (Phi) is 3.24. The number of nitrogens with zero attached hydrogens (tertiary/aromatic N) is 2. The molecule has 1 aromatic heterocycles. The summed E-state index contributed by atoms with van der Waals surface area (Å²) >= 11 is 0. The molecule has 1 unspecified atom stereocenters. The number of amides is 1. The van der Waals surface area contributed by atoms with Crippen molar-refractivity contribution >= 4 is 5.91 Å². The van der Waals surface area contributed by atoms with E-state index >= 15 is 0 Å². The fraction of sp³-hybridized carbons (Fsp3) is 0.727. The van der Waals surface area contributed by atoms with Crippen molar-refractivity contribution in [1.82, 2.24) is 20.8 Å². The third-order valence-electron chi connectivity index (χ3n) is 3.00. The van der Waals surface area contributed by atoms with E-state index in [1.807, 2.05) is 0 Å². The molecule has 3 rings (SSSR count). The van der Waals surface area contributed by atoms with E-state index in [1.165, 1.54) is 0 Å². The third kappa shape index (κ3) is 2.85. The number of carbonyl (C=O) groups excluding carboxylic acids is 1. The molecule has 0 radical (unpaired) electrons. The first kappa shape index (κ1) is 11.6. The molecule has 1 saturated heterocycles. The molecular weight excluding hydrogens is 236 g/mol. The summed E-state index contributed by atoms with van der Waals surface area (Å²) in [5.74, 6) is 0.341. The monoisotopic (exact) mass is 252 g/mol. The minimum atomic E-state index is -0.250. The average Bonchev–Trinajstić information content (AvgIpc) is 3.07. The van der Waals surface area contributed by atoms with Crippen molar-refractivity contribution in [1.29, 1.82) is 0 Å². The van der Waals surface area contributed by atoms with Crippen LogP contribution in [-0.4, -0.2) is 47.9 Å². The zero-order valence-electron chi connectivity index (χ0n) is 10.0. The Morgan fingerprint density at radius 3 is 3.11 bits per heavy atom. The Hall–Kier alpha value is -1.47. The predicted octanol–water partition coefficient (Wildman–Crippen LogP) is -0.507. The molecular formula is C11H16N4O3. The molecule has 0 aromatic carbocycles. The molecule has 18 heavy (non-hydrogen) atoms. The molecule has 98 valence electrons. The summed E-state index contributed by atoms with van der Waals surface area (Å²) in [4.78, 5) is 15.8. The molecule has 7 nitrogen and oxygen atoms in total. The number of aromatic nitrogens is 2. The standard InChI is InChI=1S/C11H16N4O3/c16-11(13-7-1-2-7)10-14-9(18-15-10)5-8-6-17-4-3-12-8/h7-8,12H,1-6H2,(H,13,16). The maximum atomic E-state index is 11.7. The molecule has 1 aliphatic carbocycles. The fourth-order valence-corrected chi connectivity index (χ4v) is 1.87. The Morgan fingerprint density at radius 2 is 2.39 bits per heavy atom. The molecule has 1 aromatic rings. The highest BCUT2D eigenvalue weighted by molar-refractivity contribution is 5.90. The maximum Gasteiger partial charge on any atom is 0.292 e. The van der Waals surface area contributed by atoms with E-state index in [9.17, 15) is 4.79 Å². The molecule has 1 saturated carbocycles. The lowest BCUT2D eigenvalue weighted by Crippen LogP contribution is -2.42. The second-order valence-electron chi connectivity index (χ2n) is 4.69. The van der Waals surface area contributed by atoms with Crippen LogP contribution in [-0.2, 0) is 11.2 Å². The predicted molar refractivity (Wildman–Crippen MR) is 61.1 cm³/mol. The Balaban J connectivity index is 1.56. The zero-order chi connectivity index (χ0) is 12.4. The highest BCUT2D eigenvalue weighted by Crippen LogP contribution is 2.19. The Labute approximate surface area is 104 Å². The van der Waals surface area contributed by atoms with E-state index in [4.69, 9.17) is 9.26 Å². The number of rotatable bonds is 4. The molecule has 2 heterocycles. The molecule has 7 heteroatoms. The number of nitrogens with one attached hydrogen (secondary N) is 2. The van der Waals surface area contributed by atoms with Crippen molar-refractivity contribution in [3.8, 4) is 0 Å². The molecule has 0 spiro atoms. The average molecular weight is 252 g/mol. The SMILES string of the molecule is O=C(NC1CC1)c1noc(CC2COCCN2)n1. The van der Waals surface area contributed by atoms with E-state index in [-0.39, 0.29) is 17.8 Å². The number of hydrogen-bond donors (Lipinski definition) is 2. The van der Waals surface area contributed by atoms with Gasteiger partial charge in [0.15, 0.2) is 0 Å². The fourth-order valence-electron chi connectivity index (χ4n) is 1.87. The van der Waals surface area contributed by atoms with Gasteiger partial charge in [-0.3, -0.25) is 4.79 Å². The summed E-state index contributed by atoms with van der Waals surface area (Å²) in [6.07, 6.45) is 2.67. The third-order valence-corrected chi connectivity index (χ3v) is 3.00. The van der Waals surface area contributed by atoms with Crippen molar-refractivity contribution < 1.29 is 14.1 Å². The van der Waals surface area contributed by atoms with E-state index in [0.717, 1.165) is 26.0 Å². The number of hydrogen-bond acceptors (Lipinski definition) is 6. The lowest BCUT2D eigenvalue weighted by Gasteiger charge is -2.22. The van der Waals surface area contributed by atoms with Crippen LogP contribution in [0.3, 0.4) is 0 Å². The maximum absolute atomic E-state index is 11.7. The van der Waals surface area contributed by atoms with Gasteiger partial charge >= 0.3 is 0 Å². The van der Waals surface area contributed by atoms with Crippen molar-refractivity contribution in [3.63, 3.8) is 0 Å². The largest absolute Gasteiger partial charge is 0.378 e. The highest BCUT2D eigenvalue weighted by Gasteiger charge is 2.26. The second kappa shape index (κ2) is 5.03. The van der Waals surface area contributed by atoms with Gasteiger partial charge in [0.05, 0.1) is 13.2 Å². The molecule has 2 N–H and O–H groups in total. The van der Waals surface area contributed by atoms with Gasteiger partial charge in [-0.25, -0.2) is 0 Å². The van der Waals surface area contributed by atoms with Gasteiger partial charge in [0.1, 0.15) is 0 Å². The van der Waals surface area contributed by atoms with Crippen LogP contribution in [0.4, 0.5) is 0 Å². The van der Waals surface area contributed by atoms with Crippen LogP contribution in [0.2, 0.25) is 0 Å². The smallest absolute Gasteiger partial charge is 0.292 e. The molecule has 2 fully saturated rings. The lowest BCUT2D eigenvalue weighted by molar-refractivity contribution is 0.0744. The van der Waals surface area contributed by atoms with Gasteiger partial charge in [0.25, 0.3) is 11.7 Å². The molecule has 1 amide bonds. The van der Waals surface area contributed by atoms with Crippen molar-refractivity contribution in [2.45, 2.75) is 31.3 Å². The van der Waals surface area contributed by atoms with Crippen molar-refractivity contribution in [2.24, 2.45) is 0 Å².